The SMILES string of the molecule is CCCCCCCCCCC1(O)COc2ccccc2OCCOCCOc2ccccc2OC1. The summed E-state index contributed by atoms with van der Waals surface area (Å²) >= 11 is 0. The molecule has 1 N–H and O–H groups in total. The molecule has 0 spiro atoms. The molecule has 0 fully saturated rings. The Morgan fingerprint density at radius 2 is 1.03 bits per heavy atom. The van der Waals surface area contributed by atoms with E-state index in [0.29, 0.717) is 55.8 Å². The largest absolute Gasteiger partial charge is 0.487 e. The van der Waals surface area contributed by atoms with Crippen LogP contribution in [0.2, 0.25) is 0 Å². The molecule has 0 unspecified atom stereocenters. The lowest BCUT2D eigenvalue weighted by molar-refractivity contribution is -0.0486. The molecule has 1 aliphatic heterocycles. The zero-order chi connectivity index (χ0) is 24.6. The molecule has 0 aromatic heterocycles. The lowest BCUT2D eigenvalue weighted by Gasteiger charge is -2.29. The van der Waals surface area contributed by atoms with Crippen molar-refractivity contribution < 1.29 is 28.8 Å². The van der Waals surface area contributed by atoms with Gasteiger partial charge >= 0.3 is 0 Å². The molecule has 0 bridgehead atoms. The van der Waals surface area contributed by atoms with Gasteiger partial charge in [0.15, 0.2) is 23.0 Å². The molecule has 1 heterocycles. The van der Waals surface area contributed by atoms with Crippen molar-refractivity contribution in [3.8, 4) is 23.0 Å². The van der Waals surface area contributed by atoms with Crippen LogP contribution in [0.25, 0.3) is 0 Å². The van der Waals surface area contributed by atoms with Gasteiger partial charge < -0.3 is 28.8 Å². The molecule has 35 heavy (non-hydrogen) atoms. The van der Waals surface area contributed by atoms with Crippen LogP contribution in [-0.2, 0) is 4.74 Å². The van der Waals surface area contributed by atoms with Gasteiger partial charge in [0.05, 0.1) is 13.2 Å². The Hall–Kier alpha value is -2.44. The van der Waals surface area contributed by atoms with Crippen molar-refractivity contribution in [3.05, 3.63) is 48.5 Å². The lowest BCUT2D eigenvalue weighted by atomic mass is 9.97. The molecule has 0 amide bonds. The van der Waals surface area contributed by atoms with E-state index in [1.165, 1.54) is 38.5 Å². The highest BCUT2D eigenvalue weighted by Gasteiger charge is 2.30. The van der Waals surface area contributed by atoms with Crippen LogP contribution in [0.15, 0.2) is 48.5 Å². The zero-order valence-electron chi connectivity index (χ0n) is 21.2. The monoisotopic (exact) mass is 486 g/mol. The third-order valence-corrected chi connectivity index (χ3v) is 6.16. The molecule has 6 heteroatoms. The van der Waals surface area contributed by atoms with Crippen LogP contribution in [-0.4, -0.2) is 50.3 Å². The fourth-order valence-electron chi connectivity index (χ4n) is 4.10. The molecule has 1 aliphatic rings. The summed E-state index contributed by atoms with van der Waals surface area (Å²) in [7, 11) is 0. The van der Waals surface area contributed by atoms with Gasteiger partial charge in [-0.3, -0.25) is 0 Å². The highest BCUT2D eigenvalue weighted by molar-refractivity contribution is 5.40. The van der Waals surface area contributed by atoms with Crippen LogP contribution >= 0.6 is 0 Å². The van der Waals surface area contributed by atoms with Gasteiger partial charge in [-0.2, -0.15) is 0 Å². The summed E-state index contributed by atoms with van der Waals surface area (Å²) in [4.78, 5) is 0. The number of unbranched alkanes of at least 4 members (excludes halogenated alkanes) is 7. The molecule has 2 aromatic carbocycles. The maximum atomic E-state index is 11.6. The first-order valence-electron chi connectivity index (χ1n) is 13.2. The minimum Gasteiger partial charge on any atom is -0.487 e. The third kappa shape index (κ3) is 9.98. The summed E-state index contributed by atoms with van der Waals surface area (Å²) in [6.07, 6.45) is 10.3. The Bertz CT molecular complexity index is 784. The van der Waals surface area contributed by atoms with Crippen LogP contribution in [0, 0.1) is 0 Å². The average Bonchev–Trinajstić information content (AvgIpc) is 2.88. The molecule has 2 aromatic rings. The van der Waals surface area contributed by atoms with Gasteiger partial charge in [0, 0.05) is 0 Å². The smallest absolute Gasteiger partial charge is 0.161 e. The summed E-state index contributed by atoms with van der Waals surface area (Å²) in [5.74, 6) is 2.50. The average molecular weight is 487 g/mol. The normalized spacial score (nSPS) is 16.5. The van der Waals surface area contributed by atoms with Gasteiger partial charge in [-0.1, -0.05) is 82.6 Å². The number of rotatable bonds is 9. The number of benzene rings is 2. The lowest BCUT2D eigenvalue weighted by Crippen LogP contribution is -2.42. The van der Waals surface area contributed by atoms with Crippen molar-refractivity contribution in [1.82, 2.24) is 0 Å². The molecule has 0 saturated carbocycles. The highest BCUT2D eigenvalue weighted by Crippen LogP contribution is 2.31. The molecule has 194 valence electrons. The van der Waals surface area contributed by atoms with Crippen molar-refractivity contribution in [2.45, 2.75) is 70.3 Å². The van der Waals surface area contributed by atoms with E-state index in [9.17, 15) is 5.11 Å². The van der Waals surface area contributed by atoms with Crippen LogP contribution < -0.4 is 18.9 Å². The van der Waals surface area contributed by atoms with Gasteiger partial charge in [-0.05, 0) is 30.7 Å². The minimum atomic E-state index is -1.14. The predicted octanol–water partition coefficient (Wildman–Crippen LogP) is 6.19. The maximum Gasteiger partial charge on any atom is 0.161 e. The van der Waals surface area contributed by atoms with Gasteiger partial charge in [0.1, 0.15) is 32.0 Å². The number of para-hydroxylation sites is 4. The first kappa shape index (κ1) is 27.2. The first-order valence-corrected chi connectivity index (χ1v) is 13.2. The van der Waals surface area contributed by atoms with E-state index in [1.807, 2.05) is 48.5 Å². The Morgan fingerprint density at radius 1 is 0.600 bits per heavy atom. The Kier molecular flexibility index (Phi) is 12.1. The van der Waals surface area contributed by atoms with E-state index in [0.717, 1.165) is 12.8 Å². The van der Waals surface area contributed by atoms with E-state index in [-0.39, 0.29) is 13.2 Å². The van der Waals surface area contributed by atoms with E-state index >= 15 is 0 Å². The molecule has 6 nitrogen and oxygen atoms in total. The summed E-state index contributed by atoms with van der Waals surface area (Å²) in [6.45, 7) is 4.16. The second kappa shape index (κ2) is 15.5. The van der Waals surface area contributed by atoms with E-state index in [1.54, 1.807) is 0 Å². The highest BCUT2D eigenvalue weighted by atomic mass is 16.6. The molecular weight excluding hydrogens is 444 g/mol. The van der Waals surface area contributed by atoms with Crippen molar-refractivity contribution >= 4 is 0 Å². The summed E-state index contributed by atoms with van der Waals surface area (Å²) in [5.41, 5.74) is -1.14. The van der Waals surface area contributed by atoms with Gasteiger partial charge in [-0.25, -0.2) is 0 Å². The first-order chi connectivity index (χ1) is 17.2. The van der Waals surface area contributed by atoms with E-state index in [4.69, 9.17) is 23.7 Å². The van der Waals surface area contributed by atoms with Crippen LogP contribution in [0.3, 0.4) is 0 Å². The Morgan fingerprint density at radius 3 is 1.51 bits per heavy atom. The fraction of sp³-hybridized carbons (Fsp3) is 0.586. The van der Waals surface area contributed by atoms with Crippen LogP contribution in [0.1, 0.15) is 64.7 Å². The number of fused-ring (bicyclic) bond motifs is 2. The number of hydrogen-bond donors (Lipinski definition) is 1. The molecular formula is C29H42O6. The summed E-state index contributed by atoms with van der Waals surface area (Å²) in [6, 6.07) is 15.1. The molecule has 0 saturated heterocycles. The number of hydrogen-bond acceptors (Lipinski definition) is 6. The number of ether oxygens (including phenoxy) is 5. The van der Waals surface area contributed by atoms with Gasteiger partial charge in [-0.15, -0.1) is 0 Å². The minimum absolute atomic E-state index is 0.114. The quantitative estimate of drug-likeness (QED) is 0.426. The standard InChI is InChI=1S/C29H42O6/c1-2-3-4-5-6-7-8-13-18-29(30)23-34-27-16-11-9-14-25(27)32-21-19-31-20-22-33-26-15-10-12-17-28(26)35-24-29/h9-12,14-17,30H,2-8,13,18-24H2,1H3. The summed E-state index contributed by atoms with van der Waals surface area (Å²) < 4.78 is 29.5. The Balaban J connectivity index is 1.65. The predicted molar refractivity (Wildman–Crippen MR) is 138 cm³/mol. The second-order valence-corrected chi connectivity index (χ2v) is 9.23. The van der Waals surface area contributed by atoms with Crippen LogP contribution in [0.5, 0.6) is 23.0 Å². The number of aliphatic hydroxyl groups is 1. The fourth-order valence-corrected chi connectivity index (χ4v) is 4.10. The summed E-state index contributed by atoms with van der Waals surface area (Å²) in [5, 5.41) is 11.6. The second-order valence-electron chi connectivity index (χ2n) is 9.23. The van der Waals surface area contributed by atoms with Crippen molar-refractivity contribution in [1.29, 1.82) is 0 Å². The van der Waals surface area contributed by atoms with Crippen molar-refractivity contribution in [3.63, 3.8) is 0 Å². The van der Waals surface area contributed by atoms with Crippen molar-refractivity contribution in [2.24, 2.45) is 0 Å². The molecule has 0 radical (unpaired) electrons. The Labute approximate surface area is 210 Å². The van der Waals surface area contributed by atoms with Gasteiger partial charge in [0.25, 0.3) is 0 Å². The molecule has 0 atom stereocenters. The third-order valence-electron chi connectivity index (χ3n) is 6.16. The van der Waals surface area contributed by atoms with E-state index < -0.39 is 5.60 Å². The zero-order valence-corrected chi connectivity index (χ0v) is 21.2. The van der Waals surface area contributed by atoms with Crippen molar-refractivity contribution in [2.75, 3.05) is 39.6 Å². The molecule has 3 rings (SSSR count). The van der Waals surface area contributed by atoms with Gasteiger partial charge in [0.2, 0.25) is 0 Å². The topological polar surface area (TPSA) is 66.4 Å². The maximum absolute atomic E-state index is 11.6. The molecule has 0 aliphatic carbocycles. The van der Waals surface area contributed by atoms with E-state index in [2.05, 4.69) is 6.92 Å². The van der Waals surface area contributed by atoms with Crippen LogP contribution in [0.4, 0.5) is 0 Å².